The van der Waals surface area contributed by atoms with Crippen molar-refractivity contribution in [2.75, 3.05) is 26.4 Å². The van der Waals surface area contributed by atoms with Crippen LogP contribution >= 0.6 is 0 Å². The molecule has 0 bridgehead atoms. The van der Waals surface area contributed by atoms with Gasteiger partial charge in [0.15, 0.2) is 36.4 Å². The summed E-state index contributed by atoms with van der Waals surface area (Å²) < 4.78 is 128. The van der Waals surface area contributed by atoms with Crippen LogP contribution in [0.15, 0.2) is 240 Å². The molecule has 8 rings (SSSR count). The van der Waals surface area contributed by atoms with Crippen molar-refractivity contribution in [1.29, 1.82) is 0 Å². The lowest BCUT2D eigenvalue weighted by atomic mass is 9.67. The molecule has 8 unspecified atom stereocenters. The molecule has 0 amide bonds. The molecule has 8 atom stereocenters. The molecule has 7 aromatic carbocycles. The number of halogens is 6. The van der Waals surface area contributed by atoms with Crippen molar-refractivity contribution in [1.82, 2.24) is 0 Å². The van der Waals surface area contributed by atoms with Gasteiger partial charge in [-0.15, -0.1) is 0 Å². The summed E-state index contributed by atoms with van der Waals surface area (Å²) >= 11 is 0. The fourth-order valence-electron chi connectivity index (χ4n) is 9.64. The minimum atomic E-state index is -5.04. The Labute approximate surface area is 667 Å². The van der Waals surface area contributed by atoms with Crippen LogP contribution in [0.5, 0.6) is 40.2 Å². The van der Waals surface area contributed by atoms with Crippen LogP contribution in [0.2, 0.25) is 0 Å². The van der Waals surface area contributed by atoms with Crippen LogP contribution in [0.25, 0.3) is 42.5 Å². The molecule has 7 aromatic rings. The molecular weight excluding hydrogens is 1450 g/mol. The highest BCUT2D eigenvalue weighted by atomic mass is 19.4. The van der Waals surface area contributed by atoms with Crippen LogP contribution in [-0.2, 0) is 23.7 Å². The maximum absolute atomic E-state index is 13.2. The molecule has 113 heavy (non-hydrogen) atoms. The van der Waals surface area contributed by atoms with Gasteiger partial charge in [0, 0.05) is 11.8 Å². The Morgan fingerprint density at radius 3 is 0.708 bits per heavy atom. The van der Waals surface area contributed by atoms with Gasteiger partial charge in [-0.25, -0.2) is 0 Å². The molecule has 0 radical (unpaired) electrons. The molecule has 1 fully saturated rings. The average Bonchev–Trinajstić information content (AvgIpc) is 0.761. The van der Waals surface area contributed by atoms with E-state index in [1.54, 1.807) is 78.9 Å². The predicted molar refractivity (Wildman–Crippen MR) is 449 cm³/mol. The highest BCUT2D eigenvalue weighted by Gasteiger charge is 2.61. The minimum Gasteiger partial charge on any atom is -0.508 e. The number of allylic oxidation sites excluding steroid dienone is 1. The smallest absolute Gasteiger partial charge is 0.417 e. The molecule has 20 heteroatoms. The number of benzene rings is 7. The first kappa shape index (κ1) is 101. The van der Waals surface area contributed by atoms with Crippen molar-refractivity contribution in [2.45, 2.75) is 176 Å². The standard InChI is InChI=1S/C17H24F6O3.4C13H18O2.3C8H8O/c1-9(2)10(3)26-13-7-11(14(4,24)16(18,19)20)6-12(8-13)15(5,25)17(21,22)23;4*1-4-10-14-11(3)15-13-8-6-12(5-2)7-9-13;3*1-2-7-3-5-8(9)6-4-7/h11-13,24-25H,1,3,6-8H2,2,4-5H3;4*5-9,11H,2,4,10H2,1,3H3;3*2-6,9H,1H2. The Balaban J connectivity index is 0.000000661. The summed E-state index contributed by atoms with van der Waals surface area (Å²) in [6.07, 6.45) is 3.19. The van der Waals surface area contributed by atoms with Gasteiger partial charge in [-0.2, -0.15) is 26.3 Å². The molecule has 0 saturated heterocycles. The third kappa shape index (κ3) is 41.9. The van der Waals surface area contributed by atoms with Crippen LogP contribution in [0, 0.1) is 11.8 Å². The lowest BCUT2D eigenvalue weighted by molar-refractivity contribution is -0.299. The first-order valence-electron chi connectivity index (χ1n) is 37.3. The predicted octanol–water partition coefficient (Wildman–Crippen LogP) is 24.5. The van der Waals surface area contributed by atoms with Gasteiger partial charge in [-0.05, 0) is 223 Å². The van der Waals surface area contributed by atoms with Crippen LogP contribution in [0.4, 0.5) is 26.3 Å². The molecule has 1 aliphatic rings. The molecule has 0 aromatic heterocycles. The molecule has 618 valence electrons. The van der Waals surface area contributed by atoms with Crippen molar-refractivity contribution in [3.05, 3.63) is 279 Å². The van der Waals surface area contributed by atoms with E-state index >= 15 is 0 Å². The topological polar surface area (TPSA) is 184 Å². The van der Waals surface area contributed by atoms with E-state index in [1.807, 2.05) is 161 Å². The fourth-order valence-corrected chi connectivity index (χ4v) is 9.64. The maximum Gasteiger partial charge on any atom is 0.417 e. The molecule has 14 nitrogen and oxygen atoms in total. The third-order valence-electron chi connectivity index (χ3n) is 16.5. The van der Waals surface area contributed by atoms with E-state index in [4.69, 9.17) is 58.0 Å². The van der Waals surface area contributed by atoms with E-state index in [0.717, 1.165) is 114 Å². The largest absolute Gasteiger partial charge is 0.508 e. The van der Waals surface area contributed by atoms with Crippen molar-refractivity contribution < 1.29 is 94.5 Å². The van der Waals surface area contributed by atoms with Gasteiger partial charge in [-0.3, -0.25) is 0 Å². The summed E-state index contributed by atoms with van der Waals surface area (Å²) in [4.78, 5) is 0. The van der Waals surface area contributed by atoms with Crippen LogP contribution < -0.4 is 18.9 Å². The SMILES string of the molecule is C=C(C)C(=C)OC1CC(C(C)(O)C(F)(F)F)CC(C(C)(O)C(F)(F)F)C1.C=Cc1ccc(O)cc1.C=Cc1ccc(O)cc1.C=Cc1ccc(O)cc1.C=Cc1ccc(OC(C)OCCC)cc1.C=Cc1ccc(OC(C)OCCC)cc1.C=Cc1ccc(OC(C)OCCC)cc1.C=Cc1ccc(OC(C)OCCC)cc1. The number of aliphatic hydroxyl groups is 2. The third-order valence-corrected chi connectivity index (χ3v) is 16.5. The van der Waals surface area contributed by atoms with E-state index in [9.17, 15) is 36.6 Å². The maximum atomic E-state index is 13.2. The lowest BCUT2D eigenvalue weighted by Crippen LogP contribution is -2.57. The van der Waals surface area contributed by atoms with Gasteiger partial charge in [0.2, 0.25) is 0 Å². The van der Waals surface area contributed by atoms with E-state index in [1.165, 1.54) is 6.92 Å². The Bertz CT molecular complexity index is 3390. The first-order valence-corrected chi connectivity index (χ1v) is 37.3. The monoisotopic (exact) mass is 1570 g/mol. The summed E-state index contributed by atoms with van der Waals surface area (Å²) in [5.41, 5.74) is 1.34. The first-order chi connectivity index (χ1) is 53.4. The molecule has 0 spiro atoms. The zero-order chi connectivity index (χ0) is 85.2. The number of ether oxygens (including phenoxy) is 9. The van der Waals surface area contributed by atoms with E-state index in [2.05, 4.69) is 86.9 Å². The van der Waals surface area contributed by atoms with Crippen molar-refractivity contribution in [3.63, 3.8) is 0 Å². The van der Waals surface area contributed by atoms with Gasteiger partial charge < -0.3 is 68.2 Å². The molecule has 1 saturated carbocycles. The van der Waals surface area contributed by atoms with E-state index < -0.39 is 47.9 Å². The normalized spacial score (nSPS) is 15.3. The number of alkyl halides is 6. The molecule has 1 aliphatic carbocycles. The fraction of sp³-hybridized carbons (Fsp3) is 0.355. The number of aromatic hydroxyl groups is 3. The Morgan fingerprint density at radius 2 is 0.549 bits per heavy atom. The van der Waals surface area contributed by atoms with Crippen molar-refractivity contribution in [2.24, 2.45) is 11.8 Å². The highest BCUT2D eigenvalue weighted by molar-refractivity contribution is 5.52. The number of hydrogen-bond donors (Lipinski definition) is 5. The Hall–Kier alpha value is -10.1. The van der Waals surface area contributed by atoms with Gasteiger partial charge in [-0.1, -0.05) is 214 Å². The van der Waals surface area contributed by atoms with Crippen LogP contribution in [0.1, 0.15) is 160 Å². The van der Waals surface area contributed by atoms with Gasteiger partial charge in [0.25, 0.3) is 0 Å². The molecule has 0 heterocycles. The van der Waals surface area contributed by atoms with E-state index in [0.29, 0.717) is 36.7 Å². The van der Waals surface area contributed by atoms with Crippen LogP contribution in [-0.4, -0.2) is 107 Å². The molecular formula is C93H120F6O14. The van der Waals surface area contributed by atoms with Crippen LogP contribution in [0.3, 0.4) is 0 Å². The van der Waals surface area contributed by atoms with Crippen molar-refractivity contribution >= 4 is 42.5 Å². The summed E-state index contributed by atoms with van der Waals surface area (Å²) in [5, 5.41) is 46.3. The van der Waals surface area contributed by atoms with Gasteiger partial charge >= 0.3 is 12.4 Å². The molecule has 5 N–H and O–H groups in total. The second-order valence-electron chi connectivity index (χ2n) is 26.0. The quantitative estimate of drug-likeness (QED) is 0.0116. The molecule has 0 aliphatic heterocycles. The second kappa shape index (κ2) is 54.6. The Kier molecular flexibility index (Phi) is 48.8. The zero-order valence-electron chi connectivity index (χ0n) is 67.6. The minimum absolute atomic E-state index is 0.0349. The second-order valence-corrected chi connectivity index (χ2v) is 26.0. The number of hydrogen-bond acceptors (Lipinski definition) is 14. The number of phenols is 3. The van der Waals surface area contributed by atoms with Gasteiger partial charge in [0.05, 0.1) is 32.5 Å². The number of rotatable bonds is 32. The van der Waals surface area contributed by atoms with Crippen molar-refractivity contribution in [3.8, 4) is 40.2 Å². The Morgan fingerprint density at radius 1 is 0.363 bits per heavy atom. The summed E-state index contributed by atoms with van der Waals surface area (Å²) in [6.45, 7) is 54.0. The highest BCUT2D eigenvalue weighted by Crippen LogP contribution is 2.50. The summed E-state index contributed by atoms with van der Waals surface area (Å²) in [5.74, 6) is 1.03. The average molecular weight is 1580 g/mol. The summed E-state index contributed by atoms with van der Waals surface area (Å²) in [7, 11) is 0. The van der Waals surface area contributed by atoms with Gasteiger partial charge in [0.1, 0.15) is 46.0 Å². The lowest BCUT2D eigenvalue weighted by Gasteiger charge is -2.46. The number of phenolic OH excluding ortho intramolecular Hbond substituents is 3. The zero-order valence-corrected chi connectivity index (χ0v) is 67.6. The summed E-state index contributed by atoms with van der Waals surface area (Å²) in [6, 6.07) is 51.8. The van der Waals surface area contributed by atoms with E-state index in [-0.39, 0.29) is 43.8 Å².